The second-order valence-electron chi connectivity index (χ2n) is 14.7. The van der Waals surface area contributed by atoms with E-state index in [0.717, 1.165) is 69.3 Å². The Hall–Kier alpha value is -4.57. The van der Waals surface area contributed by atoms with Crippen LogP contribution in [0.15, 0.2) is 54.7 Å². The van der Waals surface area contributed by atoms with Crippen molar-refractivity contribution in [3.05, 3.63) is 71.4 Å². The summed E-state index contributed by atoms with van der Waals surface area (Å²) in [5, 5.41) is 2.75. The Morgan fingerprint density at radius 1 is 0.959 bits per heavy atom. The first-order valence-electron chi connectivity index (χ1n) is 16.9. The lowest BCUT2D eigenvalue weighted by Gasteiger charge is -2.27. The summed E-state index contributed by atoms with van der Waals surface area (Å²) in [6.45, 7) is 14.8. The van der Waals surface area contributed by atoms with E-state index < -0.39 is 11.2 Å². The molecule has 2 aromatic heterocycles. The number of aromatic amines is 2. The summed E-state index contributed by atoms with van der Waals surface area (Å²) < 4.78 is 11.3. The fourth-order valence-corrected chi connectivity index (χ4v) is 6.47. The number of hydrogen-bond donors (Lipinski definition) is 2. The van der Waals surface area contributed by atoms with Gasteiger partial charge in [0, 0.05) is 24.2 Å². The number of benzene rings is 3. The molecule has 1 fully saturated rings. The third-order valence-electron chi connectivity index (χ3n) is 8.36. The number of likely N-dealkylation sites (tertiary alicyclic amines) is 1. The molecule has 49 heavy (non-hydrogen) atoms. The molecule has 3 heterocycles. The Labute approximate surface area is 292 Å². The van der Waals surface area contributed by atoms with Crippen LogP contribution < -0.4 is 0 Å². The molecule has 0 unspecified atom stereocenters. The molecule has 5 aromatic rings. The van der Waals surface area contributed by atoms with E-state index >= 15 is 0 Å². The van der Waals surface area contributed by atoms with Gasteiger partial charge < -0.3 is 24.3 Å². The van der Waals surface area contributed by atoms with Gasteiger partial charge in [-0.15, -0.1) is 0 Å². The zero-order valence-electron chi connectivity index (χ0n) is 29.3. The quantitative estimate of drug-likeness (QED) is 0.176. The van der Waals surface area contributed by atoms with Crippen molar-refractivity contribution >= 4 is 45.6 Å². The summed E-state index contributed by atoms with van der Waals surface area (Å²) in [5.41, 5.74) is 4.22. The lowest BCUT2D eigenvalue weighted by Crippen LogP contribution is -2.37. The molecule has 0 aliphatic carbocycles. The highest BCUT2D eigenvalue weighted by molar-refractivity contribution is 6.34. The fraction of sp³-hybridized carbons (Fsp3) is 0.421. The molecule has 1 saturated heterocycles. The number of aromatic nitrogens is 4. The molecule has 2 N–H and O–H groups in total. The third-order valence-corrected chi connectivity index (χ3v) is 8.67. The Bertz CT molecular complexity index is 2000. The number of hydrogen-bond acceptors (Lipinski definition) is 6. The summed E-state index contributed by atoms with van der Waals surface area (Å²) in [7, 11) is 0. The molecule has 258 valence electrons. The molecule has 3 aromatic carbocycles. The van der Waals surface area contributed by atoms with Gasteiger partial charge in [-0.2, -0.15) is 0 Å². The first kappa shape index (κ1) is 34.3. The van der Waals surface area contributed by atoms with Crippen molar-refractivity contribution in [3.63, 3.8) is 0 Å². The first-order valence-corrected chi connectivity index (χ1v) is 17.3. The summed E-state index contributed by atoms with van der Waals surface area (Å²) in [5.74, 6) is 1.43. The Kier molecular flexibility index (Phi) is 9.37. The topological polar surface area (TPSA) is 116 Å². The molecule has 11 heteroatoms. The van der Waals surface area contributed by atoms with E-state index in [0.29, 0.717) is 30.5 Å². The largest absolute Gasteiger partial charge is 0.444 e. The predicted octanol–water partition coefficient (Wildman–Crippen LogP) is 9.65. The van der Waals surface area contributed by atoms with Crippen LogP contribution in [0.5, 0.6) is 0 Å². The molecule has 6 rings (SSSR count). The summed E-state index contributed by atoms with van der Waals surface area (Å²) in [4.78, 5) is 45.4. The van der Waals surface area contributed by atoms with Crippen LogP contribution in [0.2, 0.25) is 5.02 Å². The number of ether oxygens (including phenoxy) is 2. The molecule has 1 aliphatic heterocycles. The molecular formula is C38H45ClN6O4. The minimum absolute atomic E-state index is 0.175. The maximum absolute atomic E-state index is 12.9. The molecular weight excluding hydrogens is 640 g/mol. The molecule has 1 atom stereocenters. The van der Waals surface area contributed by atoms with E-state index in [9.17, 15) is 9.59 Å². The second kappa shape index (κ2) is 13.4. The smallest absolute Gasteiger partial charge is 0.410 e. The number of amides is 2. The summed E-state index contributed by atoms with van der Waals surface area (Å²) in [6, 6.07) is 16.3. The van der Waals surface area contributed by atoms with E-state index in [1.807, 2.05) is 60.6 Å². The molecule has 0 bridgehead atoms. The van der Waals surface area contributed by atoms with Gasteiger partial charge >= 0.3 is 12.2 Å². The van der Waals surface area contributed by atoms with Crippen molar-refractivity contribution < 1.29 is 19.1 Å². The van der Waals surface area contributed by atoms with E-state index in [1.54, 1.807) is 16.0 Å². The van der Waals surface area contributed by atoms with Crippen LogP contribution in [0.25, 0.3) is 44.2 Å². The maximum atomic E-state index is 12.9. The number of rotatable bonds is 7. The first-order chi connectivity index (χ1) is 23.2. The fourth-order valence-electron chi connectivity index (χ4n) is 6.20. The normalized spacial score (nSPS) is 15.3. The van der Waals surface area contributed by atoms with Crippen LogP contribution in [0.4, 0.5) is 9.59 Å². The van der Waals surface area contributed by atoms with Gasteiger partial charge in [0.1, 0.15) is 22.9 Å². The molecule has 0 radical (unpaired) electrons. The van der Waals surface area contributed by atoms with Crippen LogP contribution in [0.3, 0.4) is 0 Å². The van der Waals surface area contributed by atoms with Gasteiger partial charge in [-0.05, 0) is 101 Å². The highest BCUT2D eigenvalue weighted by Gasteiger charge is 2.35. The SMILES string of the molecule is CCCN(Cc1ncc(-c2ccc3cc(-c4cc5nc([C@@H]6CCCN6C(=O)OC(C)(C)C)[nH]c5cc4Cl)ccc3c2)[nH]1)C(=O)OC(C)(C)C. The van der Waals surface area contributed by atoms with E-state index in [-0.39, 0.29) is 18.2 Å². The number of carbonyl (C=O) groups is 2. The molecule has 1 aliphatic rings. The zero-order chi connectivity index (χ0) is 35.1. The molecule has 2 amide bonds. The van der Waals surface area contributed by atoms with Crippen LogP contribution >= 0.6 is 11.6 Å². The summed E-state index contributed by atoms with van der Waals surface area (Å²) >= 11 is 6.85. The lowest BCUT2D eigenvalue weighted by molar-refractivity contribution is 0.0213. The van der Waals surface area contributed by atoms with Gasteiger partial charge in [0.15, 0.2) is 0 Å². The van der Waals surface area contributed by atoms with E-state index in [4.69, 9.17) is 26.1 Å². The Balaban J connectivity index is 1.21. The van der Waals surface area contributed by atoms with Crippen molar-refractivity contribution in [2.24, 2.45) is 0 Å². The zero-order valence-corrected chi connectivity index (χ0v) is 30.1. The van der Waals surface area contributed by atoms with E-state index in [2.05, 4.69) is 51.4 Å². The van der Waals surface area contributed by atoms with Crippen LogP contribution in [0, 0.1) is 0 Å². The van der Waals surface area contributed by atoms with Crippen molar-refractivity contribution in [3.8, 4) is 22.4 Å². The van der Waals surface area contributed by atoms with Crippen molar-refractivity contribution in [1.29, 1.82) is 0 Å². The Morgan fingerprint density at radius 2 is 1.65 bits per heavy atom. The standard InChI is InChI=1S/C38H45ClN6O4/c1-8-15-44(35(46)48-37(2,3)4)22-33-40-21-31(41-33)26-14-12-23-17-25(13-11-24(23)18-26)27-19-29-30(20-28(27)39)43-34(42-29)32-10-9-16-45(32)36(47)49-38(5,6)7/h11-14,17-21,32H,8-10,15-16,22H2,1-7H3,(H,40,41)(H,42,43)/t32-/m0/s1. The van der Waals surface area contributed by atoms with Crippen LogP contribution in [-0.4, -0.2) is 66.2 Å². The number of imidazole rings is 2. The minimum atomic E-state index is -0.564. The van der Waals surface area contributed by atoms with Crippen LogP contribution in [0.1, 0.15) is 85.4 Å². The van der Waals surface area contributed by atoms with Gasteiger partial charge in [0.25, 0.3) is 0 Å². The van der Waals surface area contributed by atoms with Crippen molar-refractivity contribution in [2.75, 3.05) is 13.1 Å². The van der Waals surface area contributed by atoms with Gasteiger partial charge in [-0.1, -0.05) is 42.8 Å². The monoisotopic (exact) mass is 684 g/mol. The Morgan fingerprint density at radius 3 is 2.35 bits per heavy atom. The van der Waals surface area contributed by atoms with Gasteiger partial charge in [0.05, 0.1) is 40.5 Å². The van der Waals surface area contributed by atoms with Crippen LogP contribution in [-0.2, 0) is 16.0 Å². The lowest BCUT2D eigenvalue weighted by atomic mass is 9.99. The highest BCUT2D eigenvalue weighted by Crippen LogP contribution is 2.37. The molecule has 0 spiro atoms. The average Bonchev–Trinajstić information content (AvgIpc) is 3.78. The number of nitrogens with one attached hydrogen (secondary N) is 2. The van der Waals surface area contributed by atoms with Crippen molar-refractivity contribution in [1.82, 2.24) is 29.7 Å². The van der Waals surface area contributed by atoms with Gasteiger partial charge in [0.2, 0.25) is 0 Å². The van der Waals surface area contributed by atoms with Crippen molar-refractivity contribution in [2.45, 2.75) is 91.5 Å². The number of nitrogens with zero attached hydrogens (tertiary/aromatic N) is 4. The predicted molar refractivity (Wildman–Crippen MR) is 193 cm³/mol. The number of H-pyrrole nitrogens is 2. The number of fused-ring (bicyclic) bond motifs is 2. The second-order valence-corrected chi connectivity index (χ2v) is 15.1. The maximum Gasteiger partial charge on any atom is 0.410 e. The molecule has 10 nitrogen and oxygen atoms in total. The third kappa shape index (κ3) is 7.85. The highest BCUT2D eigenvalue weighted by atomic mass is 35.5. The molecule has 0 saturated carbocycles. The summed E-state index contributed by atoms with van der Waals surface area (Å²) in [6.07, 6.45) is 3.65. The van der Waals surface area contributed by atoms with Gasteiger partial charge in [-0.25, -0.2) is 19.6 Å². The number of carbonyl (C=O) groups excluding carboxylic acids is 2. The number of halogens is 1. The average molecular weight is 685 g/mol. The minimum Gasteiger partial charge on any atom is -0.444 e. The van der Waals surface area contributed by atoms with Gasteiger partial charge in [-0.3, -0.25) is 4.90 Å². The van der Waals surface area contributed by atoms with E-state index in [1.165, 1.54) is 0 Å².